The first-order valence-electron chi connectivity index (χ1n) is 9.63. The molecule has 2 atom stereocenters. The molecule has 3 aliphatic rings. The largest absolute Gasteiger partial charge is 0.490 e. The molecule has 1 saturated carbocycles. The Morgan fingerprint density at radius 1 is 1.15 bits per heavy atom. The molecule has 0 spiro atoms. The summed E-state index contributed by atoms with van der Waals surface area (Å²) in [5.74, 6) is 1.41. The molecule has 0 aromatic heterocycles. The average molecular weight is 403 g/mol. The lowest BCUT2D eigenvalue weighted by atomic mass is 9.76. The van der Waals surface area contributed by atoms with Gasteiger partial charge in [0, 0.05) is 37.7 Å². The van der Waals surface area contributed by atoms with Gasteiger partial charge in [-0.15, -0.1) is 24.8 Å². The molecule has 2 heterocycles. The standard InChI is InChI=1S/C20H30N2O2.2ClH/c23-20-9-11-21-13-17(20)15-22(12-10-20)14-16-5-1-4-8-19(16)24-18-6-2-3-7-18;;/h1,4-5,8,17-18,21,23H,2-3,6-7,9-15H2;2*1H/t17-,20-;;/m0../s1. The highest BCUT2D eigenvalue weighted by Gasteiger charge is 2.42. The van der Waals surface area contributed by atoms with Crippen molar-refractivity contribution in [3.05, 3.63) is 29.8 Å². The van der Waals surface area contributed by atoms with E-state index in [1.54, 1.807) is 0 Å². The topological polar surface area (TPSA) is 44.7 Å². The molecule has 1 aromatic rings. The number of likely N-dealkylation sites (tertiary alicyclic amines) is 1. The maximum Gasteiger partial charge on any atom is 0.124 e. The maximum absolute atomic E-state index is 10.8. The highest BCUT2D eigenvalue weighted by Crippen LogP contribution is 2.34. The van der Waals surface area contributed by atoms with E-state index in [0.29, 0.717) is 12.0 Å². The minimum absolute atomic E-state index is 0. The Kier molecular flexibility index (Phi) is 8.05. The highest BCUT2D eigenvalue weighted by atomic mass is 35.5. The van der Waals surface area contributed by atoms with Crippen molar-refractivity contribution in [2.75, 3.05) is 26.2 Å². The average Bonchev–Trinajstić information content (AvgIpc) is 3.10. The van der Waals surface area contributed by atoms with Crippen LogP contribution in [0.3, 0.4) is 0 Å². The molecule has 26 heavy (non-hydrogen) atoms. The van der Waals surface area contributed by atoms with E-state index in [1.807, 2.05) is 0 Å². The van der Waals surface area contributed by atoms with Gasteiger partial charge in [-0.25, -0.2) is 0 Å². The first-order valence-corrected chi connectivity index (χ1v) is 9.63. The van der Waals surface area contributed by atoms with Crippen LogP contribution in [0.2, 0.25) is 0 Å². The predicted molar refractivity (Wildman–Crippen MR) is 110 cm³/mol. The second kappa shape index (κ2) is 9.61. The van der Waals surface area contributed by atoms with Gasteiger partial charge in [0.25, 0.3) is 0 Å². The lowest BCUT2D eigenvalue weighted by Gasteiger charge is -2.47. The Labute approximate surface area is 169 Å². The summed E-state index contributed by atoms with van der Waals surface area (Å²) in [4.78, 5) is 2.49. The third-order valence-corrected chi connectivity index (χ3v) is 6.19. The maximum atomic E-state index is 10.8. The molecule has 2 N–H and O–H groups in total. The first kappa shape index (κ1) is 21.8. The molecular formula is C20H32Cl2N2O2. The fourth-order valence-electron chi connectivity index (χ4n) is 4.61. The van der Waals surface area contributed by atoms with Gasteiger partial charge in [-0.3, -0.25) is 4.90 Å². The van der Waals surface area contributed by atoms with E-state index < -0.39 is 5.60 Å². The number of para-hydroxylation sites is 1. The van der Waals surface area contributed by atoms with Crippen molar-refractivity contribution in [1.82, 2.24) is 10.2 Å². The Bertz CT molecular complexity index is 568. The Balaban J connectivity index is 0.00000121. The molecule has 0 radical (unpaired) electrons. The number of aliphatic hydroxyl groups is 1. The van der Waals surface area contributed by atoms with Crippen molar-refractivity contribution >= 4 is 24.8 Å². The van der Waals surface area contributed by atoms with Gasteiger partial charge in [0.15, 0.2) is 0 Å². The molecule has 0 bridgehead atoms. The lowest BCUT2D eigenvalue weighted by molar-refractivity contribution is -0.0900. The second-order valence-corrected chi connectivity index (χ2v) is 7.87. The summed E-state index contributed by atoms with van der Waals surface area (Å²) in [7, 11) is 0. The van der Waals surface area contributed by atoms with Crippen LogP contribution in [0.15, 0.2) is 24.3 Å². The summed E-state index contributed by atoms with van der Waals surface area (Å²) >= 11 is 0. The number of piperidine rings is 2. The van der Waals surface area contributed by atoms with Crippen LogP contribution in [0, 0.1) is 5.92 Å². The number of fused-ring (bicyclic) bond motifs is 1. The molecule has 1 aliphatic carbocycles. The smallest absolute Gasteiger partial charge is 0.124 e. The molecule has 0 amide bonds. The molecule has 148 valence electrons. The van der Waals surface area contributed by atoms with E-state index >= 15 is 0 Å². The Morgan fingerprint density at radius 3 is 2.73 bits per heavy atom. The van der Waals surface area contributed by atoms with Gasteiger partial charge >= 0.3 is 0 Å². The summed E-state index contributed by atoms with van der Waals surface area (Å²) in [6.45, 7) is 4.76. The van der Waals surface area contributed by atoms with Crippen LogP contribution >= 0.6 is 24.8 Å². The van der Waals surface area contributed by atoms with E-state index in [2.05, 4.69) is 34.5 Å². The van der Waals surface area contributed by atoms with Crippen molar-refractivity contribution in [1.29, 1.82) is 0 Å². The number of halogens is 2. The molecule has 0 unspecified atom stereocenters. The second-order valence-electron chi connectivity index (χ2n) is 7.87. The van der Waals surface area contributed by atoms with Gasteiger partial charge in [-0.1, -0.05) is 18.2 Å². The molecule has 3 fully saturated rings. The van der Waals surface area contributed by atoms with E-state index in [1.165, 1.54) is 31.2 Å². The normalized spacial score (nSPS) is 29.3. The van der Waals surface area contributed by atoms with Crippen molar-refractivity contribution < 1.29 is 9.84 Å². The summed E-state index contributed by atoms with van der Waals surface area (Å²) in [5, 5.41) is 14.3. The predicted octanol–water partition coefficient (Wildman–Crippen LogP) is 3.40. The number of benzene rings is 1. The number of nitrogens with one attached hydrogen (secondary N) is 1. The van der Waals surface area contributed by atoms with E-state index in [4.69, 9.17) is 4.74 Å². The molecule has 1 aromatic carbocycles. The van der Waals surface area contributed by atoms with Gasteiger partial charge in [-0.2, -0.15) is 0 Å². The van der Waals surface area contributed by atoms with Crippen LogP contribution < -0.4 is 10.1 Å². The summed E-state index contributed by atoms with van der Waals surface area (Å²) < 4.78 is 6.29. The number of nitrogens with zero attached hydrogens (tertiary/aromatic N) is 1. The van der Waals surface area contributed by atoms with E-state index in [9.17, 15) is 5.11 Å². The van der Waals surface area contributed by atoms with Crippen LogP contribution in [0.1, 0.15) is 44.1 Å². The van der Waals surface area contributed by atoms with Crippen molar-refractivity contribution in [3.8, 4) is 5.75 Å². The van der Waals surface area contributed by atoms with Crippen LogP contribution in [0.25, 0.3) is 0 Å². The fraction of sp³-hybridized carbons (Fsp3) is 0.700. The molecular weight excluding hydrogens is 371 g/mol. The van der Waals surface area contributed by atoms with Gasteiger partial charge in [0.1, 0.15) is 5.75 Å². The SMILES string of the molecule is Cl.Cl.O[C@]12CCNC[C@H]1CN(Cc1ccccc1OC1CCCC1)CC2. The van der Waals surface area contributed by atoms with Crippen LogP contribution in [-0.2, 0) is 6.54 Å². The Morgan fingerprint density at radius 2 is 1.92 bits per heavy atom. The van der Waals surface area contributed by atoms with E-state index in [-0.39, 0.29) is 24.8 Å². The monoisotopic (exact) mass is 402 g/mol. The molecule has 6 heteroatoms. The van der Waals surface area contributed by atoms with Gasteiger partial charge < -0.3 is 15.2 Å². The minimum Gasteiger partial charge on any atom is -0.490 e. The highest BCUT2D eigenvalue weighted by molar-refractivity contribution is 5.85. The first-order chi connectivity index (χ1) is 11.7. The minimum atomic E-state index is -0.443. The third kappa shape index (κ3) is 4.85. The van der Waals surface area contributed by atoms with Gasteiger partial charge in [0.05, 0.1) is 11.7 Å². The van der Waals surface area contributed by atoms with E-state index in [0.717, 1.165) is 51.3 Å². The van der Waals surface area contributed by atoms with Gasteiger partial charge in [-0.05, 0) is 51.1 Å². The zero-order valence-corrected chi connectivity index (χ0v) is 17.0. The summed E-state index contributed by atoms with van der Waals surface area (Å²) in [5.41, 5.74) is 0.848. The Hall–Kier alpha value is -0.520. The fourth-order valence-corrected chi connectivity index (χ4v) is 4.61. The van der Waals surface area contributed by atoms with Crippen LogP contribution in [-0.4, -0.2) is 47.9 Å². The van der Waals surface area contributed by atoms with Gasteiger partial charge in [0.2, 0.25) is 0 Å². The van der Waals surface area contributed by atoms with Crippen LogP contribution in [0.4, 0.5) is 0 Å². The number of ether oxygens (including phenoxy) is 1. The number of rotatable bonds is 4. The molecule has 2 aliphatic heterocycles. The van der Waals surface area contributed by atoms with Crippen LogP contribution in [0.5, 0.6) is 5.75 Å². The molecule has 4 nitrogen and oxygen atoms in total. The molecule has 4 rings (SSSR count). The third-order valence-electron chi connectivity index (χ3n) is 6.19. The number of hydrogen-bond donors (Lipinski definition) is 2. The van der Waals surface area contributed by atoms with Crippen molar-refractivity contribution in [3.63, 3.8) is 0 Å². The van der Waals surface area contributed by atoms with Crippen molar-refractivity contribution in [2.24, 2.45) is 5.92 Å². The quantitative estimate of drug-likeness (QED) is 0.809. The summed E-state index contributed by atoms with van der Waals surface area (Å²) in [6.07, 6.45) is 7.17. The lowest BCUT2D eigenvalue weighted by Crippen LogP contribution is -2.58. The zero-order chi connectivity index (χ0) is 16.4. The zero-order valence-electron chi connectivity index (χ0n) is 15.4. The number of hydrogen-bond acceptors (Lipinski definition) is 4. The molecule has 2 saturated heterocycles. The summed E-state index contributed by atoms with van der Waals surface area (Å²) in [6, 6.07) is 8.51. The van der Waals surface area contributed by atoms with Crippen molar-refractivity contribution in [2.45, 2.75) is 56.8 Å².